The first-order valence-electron chi connectivity index (χ1n) is 8.76. The molecule has 1 aliphatic rings. The lowest BCUT2D eigenvalue weighted by atomic mass is 10.2. The van der Waals surface area contributed by atoms with E-state index >= 15 is 0 Å². The third-order valence-electron chi connectivity index (χ3n) is 4.53. The zero-order valence-corrected chi connectivity index (χ0v) is 18.0. The molecule has 2 aromatic carbocycles. The maximum absolute atomic E-state index is 12.7. The molecular formula is C19H17BrN2O4S2. The van der Waals surface area contributed by atoms with Gasteiger partial charge in [0.25, 0.3) is 0 Å². The van der Waals surface area contributed by atoms with E-state index in [1.165, 1.54) is 27.8 Å². The number of fused-ring (bicyclic) bond motifs is 1. The minimum absolute atomic E-state index is 0.0354. The van der Waals surface area contributed by atoms with Crippen molar-refractivity contribution in [2.24, 2.45) is 0 Å². The molecule has 0 bridgehead atoms. The molecule has 0 amide bonds. The Kier molecular flexibility index (Phi) is 5.50. The number of aromatic nitrogens is 1. The van der Waals surface area contributed by atoms with Crippen LogP contribution in [-0.2, 0) is 21.4 Å². The molecule has 6 nitrogen and oxygen atoms in total. The first-order valence-corrected chi connectivity index (χ1v) is 11.8. The number of thiazole rings is 1. The fraction of sp³-hybridized carbons (Fsp3) is 0.263. The van der Waals surface area contributed by atoms with Crippen molar-refractivity contribution in [2.75, 3.05) is 13.1 Å². The van der Waals surface area contributed by atoms with Gasteiger partial charge in [0.1, 0.15) is 11.6 Å². The van der Waals surface area contributed by atoms with Crippen LogP contribution in [0.1, 0.15) is 28.2 Å². The van der Waals surface area contributed by atoms with E-state index in [0.717, 1.165) is 23.1 Å². The molecule has 1 aromatic heterocycles. The molecule has 0 spiro atoms. The normalized spacial score (nSPS) is 15.2. The number of hydrogen-bond acceptors (Lipinski definition) is 6. The number of rotatable bonds is 5. The number of carbonyl (C=O) groups excluding carboxylic acids is 1. The van der Waals surface area contributed by atoms with Crippen molar-refractivity contribution < 1.29 is 17.9 Å². The Morgan fingerprint density at radius 1 is 1.18 bits per heavy atom. The SMILES string of the molecule is O=C(OCc1nc2ccccc2s1)c1cc(S(=O)(=O)N2CCCC2)ccc1Br. The van der Waals surface area contributed by atoms with Crippen molar-refractivity contribution >= 4 is 53.5 Å². The molecule has 1 aliphatic heterocycles. The average molecular weight is 481 g/mol. The molecular weight excluding hydrogens is 464 g/mol. The van der Waals surface area contributed by atoms with Gasteiger partial charge < -0.3 is 4.74 Å². The molecule has 0 atom stereocenters. The van der Waals surface area contributed by atoms with Crippen LogP contribution in [0.4, 0.5) is 0 Å². The molecule has 1 saturated heterocycles. The number of para-hydroxylation sites is 1. The van der Waals surface area contributed by atoms with Crippen LogP contribution in [0.3, 0.4) is 0 Å². The van der Waals surface area contributed by atoms with Gasteiger partial charge in [-0.3, -0.25) is 0 Å². The number of benzene rings is 2. The van der Waals surface area contributed by atoms with E-state index in [4.69, 9.17) is 4.74 Å². The van der Waals surface area contributed by atoms with Crippen LogP contribution in [-0.4, -0.2) is 36.8 Å². The molecule has 0 unspecified atom stereocenters. The highest BCUT2D eigenvalue weighted by Gasteiger charge is 2.28. The lowest BCUT2D eigenvalue weighted by molar-refractivity contribution is 0.0471. The minimum Gasteiger partial charge on any atom is -0.455 e. The molecule has 0 N–H and O–H groups in total. The van der Waals surface area contributed by atoms with Crippen LogP contribution in [0.5, 0.6) is 0 Å². The van der Waals surface area contributed by atoms with Gasteiger partial charge in [0.15, 0.2) is 0 Å². The van der Waals surface area contributed by atoms with Gasteiger partial charge in [-0.05, 0) is 59.1 Å². The standard InChI is InChI=1S/C19H17BrN2O4S2/c20-15-8-7-13(28(24,25)22-9-3-4-10-22)11-14(15)19(23)26-12-18-21-16-5-1-2-6-17(16)27-18/h1-2,5-8,11H,3-4,9-10,12H2. The van der Waals surface area contributed by atoms with E-state index in [0.29, 0.717) is 22.6 Å². The van der Waals surface area contributed by atoms with Gasteiger partial charge in [0.2, 0.25) is 10.0 Å². The van der Waals surface area contributed by atoms with Crippen molar-refractivity contribution in [1.29, 1.82) is 0 Å². The molecule has 9 heteroatoms. The summed E-state index contributed by atoms with van der Waals surface area (Å²) in [6.07, 6.45) is 1.71. The summed E-state index contributed by atoms with van der Waals surface area (Å²) < 4.78 is 33.8. The van der Waals surface area contributed by atoms with Gasteiger partial charge in [0.05, 0.1) is 20.7 Å². The Hall–Kier alpha value is -1.81. The van der Waals surface area contributed by atoms with Gasteiger partial charge in [-0.1, -0.05) is 12.1 Å². The molecule has 0 aliphatic carbocycles. The smallest absolute Gasteiger partial charge is 0.339 e. The fourth-order valence-electron chi connectivity index (χ4n) is 3.09. The summed E-state index contributed by atoms with van der Waals surface area (Å²) in [5.41, 5.74) is 1.04. The molecule has 3 aromatic rings. The van der Waals surface area contributed by atoms with E-state index in [1.54, 1.807) is 6.07 Å². The molecule has 0 radical (unpaired) electrons. The summed E-state index contributed by atoms with van der Waals surface area (Å²) >= 11 is 4.77. The highest BCUT2D eigenvalue weighted by atomic mass is 79.9. The van der Waals surface area contributed by atoms with E-state index in [1.807, 2.05) is 24.3 Å². The van der Waals surface area contributed by atoms with Gasteiger partial charge in [-0.2, -0.15) is 4.31 Å². The summed E-state index contributed by atoms with van der Waals surface area (Å²) in [6.45, 7) is 1.05. The highest BCUT2D eigenvalue weighted by Crippen LogP contribution is 2.27. The third-order valence-corrected chi connectivity index (χ3v) is 8.12. The van der Waals surface area contributed by atoms with Crippen LogP contribution in [0.15, 0.2) is 51.8 Å². The Labute approximate surface area is 175 Å². The van der Waals surface area contributed by atoms with E-state index in [9.17, 15) is 13.2 Å². The number of sulfonamides is 1. The molecule has 28 heavy (non-hydrogen) atoms. The number of halogens is 1. The zero-order chi connectivity index (χ0) is 19.7. The Bertz CT molecular complexity index is 1100. The summed E-state index contributed by atoms with van der Waals surface area (Å²) in [7, 11) is -3.60. The summed E-state index contributed by atoms with van der Waals surface area (Å²) in [4.78, 5) is 17.1. The van der Waals surface area contributed by atoms with Crippen molar-refractivity contribution in [2.45, 2.75) is 24.3 Å². The van der Waals surface area contributed by atoms with Crippen LogP contribution in [0.2, 0.25) is 0 Å². The second kappa shape index (κ2) is 7.90. The Morgan fingerprint density at radius 2 is 1.93 bits per heavy atom. The minimum atomic E-state index is -3.60. The average Bonchev–Trinajstić information content (AvgIpc) is 3.36. The lowest BCUT2D eigenvalue weighted by Crippen LogP contribution is -2.28. The fourth-order valence-corrected chi connectivity index (χ4v) is 5.92. The second-order valence-electron chi connectivity index (χ2n) is 6.40. The molecule has 146 valence electrons. The Balaban J connectivity index is 1.53. The number of hydrogen-bond donors (Lipinski definition) is 0. The predicted octanol–water partition coefficient (Wildman–Crippen LogP) is 4.20. The van der Waals surface area contributed by atoms with E-state index in [-0.39, 0.29) is 17.1 Å². The van der Waals surface area contributed by atoms with Crippen molar-refractivity contribution in [1.82, 2.24) is 9.29 Å². The quantitative estimate of drug-likeness (QED) is 0.511. The molecule has 0 saturated carbocycles. The predicted molar refractivity (Wildman–Crippen MR) is 111 cm³/mol. The van der Waals surface area contributed by atoms with Crippen molar-refractivity contribution in [3.8, 4) is 0 Å². The molecule has 2 heterocycles. The first kappa shape index (κ1) is 19.5. The Morgan fingerprint density at radius 3 is 2.68 bits per heavy atom. The summed E-state index contributed by atoms with van der Waals surface area (Å²) in [6, 6.07) is 12.1. The lowest BCUT2D eigenvalue weighted by Gasteiger charge is -2.16. The first-order chi connectivity index (χ1) is 13.4. The van der Waals surface area contributed by atoms with E-state index in [2.05, 4.69) is 20.9 Å². The number of ether oxygens (including phenoxy) is 1. The van der Waals surface area contributed by atoms with Crippen LogP contribution < -0.4 is 0 Å². The van der Waals surface area contributed by atoms with Crippen molar-refractivity contribution in [3.63, 3.8) is 0 Å². The highest BCUT2D eigenvalue weighted by molar-refractivity contribution is 9.10. The zero-order valence-electron chi connectivity index (χ0n) is 14.8. The maximum atomic E-state index is 12.7. The summed E-state index contributed by atoms with van der Waals surface area (Å²) in [5, 5.41) is 0.687. The van der Waals surface area contributed by atoms with E-state index < -0.39 is 16.0 Å². The number of nitrogens with zero attached hydrogens (tertiary/aromatic N) is 2. The topological polar surface area (TPSA) is 76.6 Å². The van der Waals surface area contributed by atoms with Gasteiger partial charge >= 0.3 is 5.97 Å². The van der Waals surface area contributed by atoms with Crippen molar-refractivity contribution in [3.05, 3.63) is 57.5 Å². The van der Waals surface area contributed by atoms with Gasteiger partial charge in [-0.25, -0.2) is 18.2 Å². The van der Waals surface area contributed by atoms with Crippen LogP contribution in [0.25, 0.3) is 10.2 Å². The van der Waals surface area contributed by atoms with Crippen LogP contribution in [0, 0.1) is 0 Å². The monoisotopic (exact) mass is 480 g/mol. The summed E-state index contributed by atoms with van der Waals surface area (Å²) in [5.74, 6) is -0.593. The second-order valence-corrected chi connectivity index (χ2v) is 10.3. The van der Waals surface area contributed by atoms with Gasteiger partial charge in [-0.15, -0.1) is 11.3 Å². The molecule has 1 fully saturated rings. The molecule has 4 rings (SSSR count). The maximum Gasteiger partial charge on any atom is 0.339 e. The van der Waals surface area contributed by atoms with Crippen LogP contribution >= 0.6 is 27.3 Å². The largest absolute Gasteiger partial charge is 0.455 e. The van der Waals surface area contributed by atoms with Gasteiger partial charge in [0, 0.05) is 17.6 Å². The number of carbonyl (C=O) groups is 1. The third kappa shape index (κ3) is 3.84. The number of esters is 1.